The fraction of sp³-hybridized carbons (Fsp3) is 0.350. The van der Waals surface area contributed by atoms with E-state index in [4.69, 9.17) is 11.6 Å². The molecule has 1 amide bonds. The smallest absolute Gasteiger partial charge is 0.243 e. The van der Waals surface area contributed by atoms with Crippen LogP contribution in [0.4, 0.5) is 0 Å². The summed E-state index contributed by atoms with van der Waals surface area (Å²) in [6.07, 6.45) is 1.80. The number of hydrogen-bond donors (Lipinski definition) is 1. The lowest BCUT2D eigenvalue weighted by molar-refractivity contribution is -0.121. The lowest BCUT2D eigenvalue weighted by Crippen LogP contribution is -2.40. The van der Waals surface area contributed by atoms with Crippen molar-refractivity contribution in [2.45, 2.75) is 38.1 Å². The zero-order chi connectivity index (χ0) is 19.9. The van der Waals surface area contributed by atoms with E-state index in [1.165, 1.54) is 4.31 Å². The summed E-state index contributed by atoms with van der Waals surface area (Å²) < 4.78 is 27.4. The highest BCUT2D eigenvalue weighted by molar-refractivity contribution is 7.89. The number of carbonyl (C=O) groups is 1. The molecule has 0 unspecified atom stereocenters. The minimum absolute atomic E-state index is 0.0249. The number of carbonyl (C=O) groups excluding carboxylic acids is 1. The molecule has 0 fully saturated rings. The minimum atomic E-state index is -3.84. The van der Waals surface area contributed by atoms with Gasteiger partial charge in [-0.1, -0.05) is 60.8 Å². The van der Waals surface area contributed by atoms with Crippen molar-refractivity contribution in [3.05, 3.63) is 64.7 Å². The van der Waals surface area contributed by atoms with Crippen LogP contribution in [-0.2, 0) is 21.4 Å². The average Bonchev–Trinajstić information content (AvgIpc) is 2.63. The molecule has 0 saturated carbocycles. The number of benzene rings is 2. The van der Waals surface area contributed by atoms with Crippen molar-refractivity contribution in [1.29, 1.82) is 0 Å². The van der Waals surface area contributed by atoms with Gasteiger partial charge in [0.05, 0.1) is 11.4 Å². The van der Waals surface area contributed by atoms with E-state index in [1.807, 2.05) is 13.8 Å². The minimum Gasteiger partial charge on any atom is -0.355 e. The van der Waals surface area contributed by atoms with Gasteiger partial charge in [-0.3, -0.25) is 4.79 Å². The van der Waals surface area contributed by atoms with E-state index in [0.29, 0.717) is 17.1 Å². The molecule has 0 aliphatic carbocycles. The van der Waals surface area contributed by atoms with Crippen molar-refractivity contribution < 1.29 is 13.2 Å². The third-order valence-corrected chi connectivity index (χ3v) is 6.31. The van der Waals surface area contributed by atoms with E-state index in [0.717, 1.165) is 18.4 Å². The van der Waals surface area contributed by atoms with E-state index in [1.54, 1.807) is 48.5 Å². The average molecular weight is 409 g/mol. The Bertz CT molecular complexity index is 867. The molecule has 0 aliphatic rings. The second kappa shape index (κ2) is 9.88. The predicted molar refractivity (Wildman–Crippen MR) is 108 cm³/mol. The van der Waals surface area contributed by atoms with Gasteiger partial charge in [0, 0.05) is 18.1 Å². The summed E-state index contributed by atoms with van der Waals surface area (Å²) >= 11 is 6.20. The fourth-order valence-electron chi connectivity index (χ4n) is 2.52. The predicted octanol–water partition coefficient (Wildman–Crippen LogP) is 3.76. The van der Waals surface area contributed by atoms with Crippen LogP contribution in [0.25, 0.3) is 0 Å². The number of unbranched alkanes of at least 4 members (excludes halogenated alkanes) is 1. The SMILES string of the molecule is CCCCNC(=O)CN(Cc1ccccc1Cl)S(=O)(=O)c1ccc(C)cc1. The summed E-state index contributed by atoms with van der Waals surface area (Å²) in [6.45, 7) is 4.21. The van der Waals surface area contributed by atoms with Gasteiger partial charge in [-0.2, -0.15) is 4.31 Å². The first-order valence-electron chi connectivity index (χ1n) is 8.91. The van der Waals surface area contributed by atoms with Gasteiger partial charge in [0.25, 0.3) is 0 Å². The van der Waals surface area contributed by atoms with Crippen LogP contribution in [0.15, 0.2) is 53.4 Å². The molecule has 7 heteroatoms. The molecule has 0 radical (unpaired) electrons. The lowest BCUT2D eigenvalue weighted by Gasteiger charge is -2.22. The Morgan fingerprint density at radius 1 is 1.11 bits per heavy atom. The summed E-state index contributed by atoms with van der Waals surface area (Å²) in [7, 11) is -3.84. The number of hydrogen-bond acceptors (Lipinski definition) is 3. The van der Waals surface area contributed by atoms with Crippen LogP contribution in [0, 0.1) is 6.92 Å². The van der Waals surface area contributed by atoms with Crippen molar-refractivity contribution in [3.63, 3.8) is 0 Å². The normalized spacial score (nSPS) is 11.6. The highest BCUT2D eigenvalue weighted by Gasteiger charge is 2.27. The Hall–Kier alpha value is -1.89. The van der Waals surface area contributed by atoms with Crippen molar-refractivity contribution in [1.82, 2.24) is 9.62 Å². The van der Waals surface area contributed by atoms with Crippen molar-refractivity contribution in [2.24, 2.45) is 0 Å². The highest BCUT2D eigenvalue weighted by Crippen LogP contribution is 2.22. The first kappa shape index (κ1) is 21.4. The van der Waals surface area contributed by atoms with Crippen LogP contribution < -0.4 is 5.32 Å². The molecule has 2 aromatic carbocycles. The van der Waals surface area contributed by atoms with Gasteiger partial charge in [-0.15, -0.1) is 0 Å². The van der Waals surface area contributed by atoms with Crippen LogP contribution in [-0.4, -0.2) is 31.7 Å². The third kappa shape index (κ3) is 6.06. The Morgan fingerprint density at radius 2 is 1.78 bits per heavy atom. The van der Waals surface area contributed by atoms with Gasteiger partial charge >= 0.3 is 0 Å². The van der Waals surface area contributed by atoms with Crippen LogP contribution in [0.1, 0.15) is 30.9 Å². The molecule has 0 aliphatic heterocycles. The van der Waals surface area contributed by atoms with E-state index in [2.05, 4.69) is 5.32 Å². The summed E-state index contributed by atoms with van der Waals surface area (Å²) in [5.41, 5.74) is 1.61. The van der Waals surface area contributed by atoms with Crippen molar-refractivity contribution in [3.8, 4) is 0 Å². The number of rotatable bonds is 9. The molecule has 0 aromatic heterocycles. The zero-order valence-electron chi connectivity index (χ0n) is 15.6. The monoisotopic (exact) mass is 408 g/mol. The number of nitrogens with one attached hydrogen (secondary N) is 1. The van der Waals surface area contributed by atoms with Gasteiger partial charge in [-0.25, -0.2) is 8.42 Å². The number of sulfonamides is 1. The molecular formula is C20H25ClN2O3S. The first-order chi connectivity index (χ1) is 12.8. The molecular weight excluding hydrogens is 384 g/mol. The molecule has 0 saturated heterocycles. The second-order valence-electron chi connectivity index (χ2n) is 6.38. The molecule has 27 heavy (non-hydrogen) atoms. The van der Waals surface area contributed by atoms with E-state index in [9.17, 15) is 13.2 Å². The van der Waals surface area contributed by atoms with Crippen molar-refractivity contribution >= 4 is 27.5 Å². The maximum absolute atomic E-state index is 13.1. The lowest BCUT2D eigenvalue weighted by atomic mass is 10.2. The molecule has 146 valence electrons. The number of nitrogens with zero attached hydrogens (tertiary/aromatic N) is 1. The standard InChI is InChI=1S/C20H25ClN2O3S/c1-3-4-13-22-20(24)15-23(14-17-7-5-6-8-19(17)21)27(25,26)18-11-9-16(2)10-12-18/h5-12H,3-4,13-15H2,1-2H3,(H,22,24). The molecule has 0 heterocycles. The summed E-state index contributed by atoms with van der Waals surface area (Å²) in [5, 5.41) is 3.23. The van der Waals surface area contributed by atoms with Crippen LogP contribution in [0.5, 0.6) is 0 Å². The molecule has 0 spiro atoms. The second-order valence-corrected chi connectivity index (χ2v) is 8.73. The van der Waals surface area contributed by atoms with Crippen LogP contribution >= 0.6 is 11.6 Å². The van der Waals surface area contributed by atoms with Gasteiger partial charge in [-0.05, 0) is 37.1 Å². The topological polar surface area (TPSA) is 66.5 Å². The van der Waals surface area contributed by atoms with E-state index < -0.39 is 10.0 Å². The molecule has 5 nitrogen and oxygen atoms in total. The van der Waals surface area contributed by atoms with Gasteiger partial charge in [0.1, 0.15) is 0 Å². The Kier molecular flexibility index (Phi) is 7.83. The molecule has 2 aromatic rings. The number of halogens is 1. The Balaban J connectivity index is 2.29. The maximum Gasteiger partial charge on any atom is 0.243 e. The summed E-state index contributed by atoms with van der Waals surface area (Å²) in [5.74, 6) is -0.328. The molecule has 0 bridgehead atoms. The zero-order valence-corrected chi connectivity index (χ0v) is 17.2. The third-order valence-electron chi connectivity index (χ3n) is 4.14. The van der Waals surface area contributed by atoms with Crippen molar-refractivity contribution in [2.75, 3.05) is 13.1 Å². The molecule has 2 rings (SSSR count). The largest absolute Gasteiger partial charge is 0.355 e. The maximum atomic E-state index is 13.1. The van der Waals surface area contributed by atoms with E-state index in [-0.39, 0.29) is 23.9 Å². The Morgan fingerprint density at radius 3 is 2.41 bits per heavy atom. The number of amides is 1. The molecule has 1 N–H and O–H groups in total. The Labute approximate surface area is 166 Å². The van der Waals surface area contributed by atoms with Crippen LogP contribution in [0.3, 0.4) is 0 Å². The van der Waals surface area contributed by atoms with Crippen LogP contribution in [0.2, 0.25) is 5.02 Å². The first-order valence-corrected chi connectivity index (χ1v) is 10.7. The van der Waals surface area contributed by atoms with Gasteiger partial charge < -0.3 is 5.32 Å². The van der Waals surface area contributed by atoms with Gasteiger partial charge in [0.15, 0.2) is 0 Å². The fourth-order valence-corrected chi connectivity index (χ4v) is 4.09. The summed E-state index contributed by atoms with van der Waals surface area (Å²) in [4.78, 5) is 12.4. The quantitative estimate of drug-likeness (QED) is 0.642. The molecule has 0 atom stereocenters. The van der Waals surface area contributed by atoms with Gasteiger partial charge in [0.2, 0.25) is 15.9 Å². The summed E-state index contributed by atoms with van der Waals surface area (Å²) in [6, 6.07) is 13.6. The highest BCUT2D eigenvalue weighted by atomic mass is 35.5. The van der Waals surface area contributed by atoms with E-state index >= 15 is 0 Å². The number of aryl methyl sites for hydroxylation is 1.